The van der Waals surface area contributed by atoms with Gasteiger partial charge in [0, 0.05) is 18.7 Å². The van der Waals surface area contributed by atoms with E-state index in [-0.39, 0.29) is 37.5 Å². The van der Waals surface area contributed by atoms with Crippen LogP contribution in [0.15, 0.2) is 18.2 Å². The Bertz CT molecular complexity index is 317. The van der Waals surface area contributed by atoms with Crippen molar-refractivity contribution < 1.29 is 45.7 Å². The molecular formula is C8H14BN2NaO3. The van der Waals surface area contributed by atoms with Crippen molar-refractivity contribution in [2.24, 2.45) is 11.5 Å². The molecule has 0 saturated heterocycles. The van der Waals surface area contributed by atoms with Gasteiger partial charge in [-0.25, -0.2) is 0 Å². The molecule has 0 heterocycles. The summed E-state index contributed by atoms with van der Waals surface area (Å²) < 4.78 is 4.73. The summed E-state index contributed by atoms with van der Waals surface area (Å²) in [6, 6.07) is 5.14. The van der Waals surface area contributed by atoms with Crippen molar-refractivity contribution >= 4 is 7.32 Å². The average molecular weight is 220 g/mol. The minimum atomic E-state index is -1.83. The first-order chi connectivity index (χ1) is 6.67. The summed E-state index contributed by atoms with van der Waals surface area (Å²) in [6.45, 7) is 0.671. The van der Waals surface area contributed by atoms with Crippen molar-refractivity contribution in [3.05, 3.63) is 29.3 Å². The molecule has 0 spiro atoms. The molecule has 0 saturated carbocycles. The van der Waals surface area contributed by atoms with Gasteiger partial charge in [-0.1, -0.05) is 6.07 Å². The van der Waals surface area contributed by atoms with Crippen LogP contribution in [0, 0.1) is 0 Å². The van der Waals surface area contributed by atoms with E-state index in [0.717, 1.165) is 5.56 Å². The zero-order chi connectivity index (χ0) is 10.6. The molecule has 0 fully saturated rings. The number of hydrogen-bond acceptors (Lipinski definition) is 5. The molecule has 1 aromatic carbocycles. The molecule has 0 aliphatic carbocycles. The van der Waals surface area contributed by atoms with Crippen molar-refractivity contribution in [1.29, 1.82) is 0 Å². The number of nitrogens with two attached hydrogens (primary N) is 2. The molecule has 0 aromatic heterocycles. The van der Waals surface area contributed by atoms with Gasteiger partial charge in [-0.3, -0.25) is 0 Å². The van der Waals surface area contributed by atoms with Crippen molar-refractivity contribution in [3.8, 4) is 5.75 Å². The largest absolute Gasteiger partial charge is 1.00 e. The first-order valence-corrected chi connectivity index (χ1v) is 4.22. The molecule has 0 radical (unpaired) electrons. The monoisotopic (exact) mass is 220 g/mol. The maximum absolute atomic E-state index is 8.62. The van der Waals surface area contributed by atoms with Crippen LogP contribution < -0.4 is 45.7 Å². The van der Waals surface area contributed by atoms with Gasteiger partial charge in [0.25, 0.3) is 0 Å². The molecule has 0 unspecified atom stereocenters. The zero-order valence-corrected chi connectivity index (χ0v) is 10.7. The number of rotatable bonds is 4. The fourth-order valence-electron chi connectivity index (χ4n) is 1.15. The molecule has 78 valence electrons. The second-order valence-corrected chi connectivity index (χ2v) is 2.79. The van der Waals surface area contributed by atoms with E-state index in [1.807, 2.05) is 0 Å². The van der Waals surface area contributed by atoms with E-state index < -0.39 is 7.32 Å². The molecule has 5 nitrogen and oxygen atoms in total. The summed E-state index contributed by atoms with van der Waals surface area (Å²) >= 11 is 0. The van der Waals surface area contributed by atoms with E-state index in [9.17, 15) is 0 Å². The Morgan fingerprint density at radius 2 is 1.93 bits per heavy atom. The van der Waals surface area contributed by atoms with E-state index in [1.165, 1.54) is 0 Å². The van der Waals surface area contributed by atoms with Crippen LogP contribution in [0.2, 0.25) is 0 Å². The van der Waals surface area contributed by atoms with Crippen LogP contribution in [-0.4, -0.2) is 17.4 Å². The van der Waals surface area contributed by atoms with E-state index in [1.54, 1.807) is 18.2 Å². The van der Waals surface area contributed by atoms with Gasteiger partial charge in [0.05, 0.1) is 0 Å². The molecular weight excluding hydrogens is 206 g/mol. The van der Waals surface area contributed by atoms with E-state index in [0.29, 0.717) is 17.9 Å². The predicted molar refractivity (Wildman–Crippen MR) is 54.2 cm³/mol. The van der Waals surface area contributed by atoms with E-state index >= 15 is 0 Å². The number of hydrogen-bond donors (Lipinski definition) is 4. The first kappa shape index (κ1) is 14.9. The van der Waals surface area contributed by atoms with Crippen LogP contribution in [-0.2, 0) is 13.1 Å². The van der Waals surface area contributed by atoms with Gasteiger partial charge < -0.3 is 27.6 Å². The van der Waals surface area contributed by atoms with E-state index in [4.69, 9.17) is 26.2 Å². The third-order valence-electron chi connectivity index (χ3n) is 1.81. The molecule has 0 atom stereocenters. The van der Waals surface area contributed by atoms with Gasteiger partial charge in [-0.05, 0) is 17.7 Å². The quantitative estimate of drug-likeness (QED) is 0.388. The summed E-state index contributed by atoms with van der Waals surface area (Å²) in [5.74, 6) is 0.361. The van der Waals surface area contributed by atoms with Gasteiger partial charge in [-0.2, -0.15) is 0 Å². The van der Waals surface area contributed by atoms with Gasteiger partial charge in [0.1, 0.15) is 5.75 Å². The SMILES string of the molecule is NCc1ccc(OB(O)O)c(CN)c1.[H-].[Na+]. The third-order valence-corrected chi connectivity index (χ3v) is 1.81. The van der Waals surface area contributed by atoms with Crippen LogP contribution >= 0.6 is 0 Å². The molecule has 1 rings (SSSR count). The van der Waals surface area contributed by atoms with Gasteiger partial charge in [0.2, 0.25) is 0 Å². The molecule has 0 aliphatic rings. The Morgan fingerprint density at radius 1 is 1.27 bits per heavy atom. The second kappa shape index (κ2) is 7.24. The Labute approximate surface area is 112 Å². The van der Waals surface area contributed by atoms with Crippen molar-refractivity contribution in [2.45, 2.75) is 13.1 Å². The van der Waals surface area contributed by atoms with E-state index in [2.05, 4.69) is 0 Å². The minimum absolute atomic E-state index is 0. The topological polar surface area (TPSA) is 102 Å². The van der Waals surface area contributed by atoms with Crippen molar-refractivity contribution in [1.82, 2.24) is 0 Å². The number of benzene rings is 1. The van der Waals surface area contributed by atoms with Crippen LogP contribution in [0.1, 0.15) is 12.6 Å². The predicted octanol–water partition coefficient (Wildman–Crippen LogP) is -3.93. The van der Waals surface area contributed by atoms with Crippen molar-refractivity contribution in [2.75, 3.05) is 0 Å². The van der Waals surface area contributed by atoms with Crippen LogP contribution in [0.4, 0.5) is 0 Å². The summed E-state index contributed by atoms with van der Waals surface area (Å²) in [7, 11) is -1.83. The summed E-state index contributed by atoms with van der Waals surface area (Å²) in [5, 5.41) is 17.2. The molecule has 0 bridgehead atoms. The summed E-state index contributed by atoms with van der Waals surface area (Å²) in [5.41, 5.74) is 12.5. The molecule has 7 heteroatoms. The van der Waals surface area contributed by atoms with Crippen LogP contribution in [0.25, 0.3) is 0 Å². The Hall–Kier alpha value is -0.0751. The Kier molecular flexibility index (Phi) is 7.20. The van der Waals surface area contributed by atoms with Gasteiger partial charge in [0.15, 0.2) is 0 Å². The Balaban J connectivity index is 0. The minimum Gasteiger partial charge on any atom is -1.00 e. The molecule has 6 N–H and O–H groups in total. The van der Waals surface area contributed by atoms with Gasteiger partial charge in [-0.15, -0.1) is 0 Å². The fraction of sp³-hybridized carbons (Fsp3) is 0.250. The second-order valence-electron chi connectivity index (χ2n) is 2.79. The maximum Gasteiger partial charge on any atom is 1.00 e. The molecule has 0 amide bonds. The zero-order valence-electron chi connectivity index (χ0n) is 9.68. The Morgan fingerprint density at radius 3 is 2.40 bits per heavy atom. The summed E-state index contributed by atoms with van der Waals surface area (Å²) in [4.78, 5) is 0. The fourth-order valence-corrected chi connectivity index (χ4v) is 1.15. The molecule has 15 heavy (non-hydrogen) atoms. The average Bonchev–Trinajstić information content (AvgIpc) is 2.17. The molecule has 0 aliphatic heterocycles. The van der Waals surface area contributed by atoms with Crippen LogP contribution in [0.3, 0.4) is 0 Å². The van der Waals surface area contributed by atoms with Crippen molar-refractivity contribution in [3.63, 3.8) is 0 Å². The van der Waals surface area contributed by atoms with Gasteiger partial charge >= 0.3 is 36.9 Å². The normalized spacial score (nSPS) is 9.33. The smallest absolute Gasteiger partial charge is 1.00 e. The standard InChI is InChI=1S/C8H13BN2O3.Na.H/c10-4-6-1-2-8(14-9(12)13)7(3-6)5-11;;/h1-3,12-13H,4-5,10-11H2;;/q;+1;-1. The summed E-state index contributed by atoms with van der Waals surface area (Å²) in [6.07, 6.45) is 0. The third kappa shape index (κ3) is 4.52. The molecule has 1 aromatic rings. The van der Waals surface area contributed by atoms with Crippen LogP contribution in [0.5, 0.6) is 5.75 Å². The first-order valence-electron chi connectivity index (χ1n) is 4.22. The maximum atomic E-state index is 8.62.